The van der Waals surface area contributed by atoms with E-state index in [1.165, 1.54) is 0 Å². The number of hydrazone groups is 1. The number of sulfone groups is 1. The normalized spacial score (nSPS) is 18.8. The summed E-state index contributed by atoms with van der Waals surface area (Å²) >= 11 is 0. The fourth-order valence-corrected chi connectivity index (χ4v) is 4.54. The second-order valence-electron chi connectivity index (χ2n) is 6.19. The Hall–Kier alpha value is -2.40. The minimum atomic E-state index is -2.96. The molecule has 2 rings (SSSR count). The fraction of sp³-hybridized carbons (Fsp3) is 0.471. The lowest BCUT2D eigenvalue weighted by molar-refractivity contribution is -0.121. The molecule has 1 aliphatic rings. The molecular weight excluding hydrogens is 340 g/mol. The molecule has 1 aliphatic heterocycles. The first-order chi connectivity index (χ1) is 11.9. The number of carbonyl (C=O) groups is 1. The van der Waals surface area contributed by atoms with E-state index in [-0.39, 0.29) is 29.8 Å². The highest BCUT2D eigenvalue weighted by Gasteiger charge is 2.29. The van der Waals surface area contributed by atoms with E-state index in [1.807, 2.05) is 36.2 Å². The summed E-state index contributed by atoms with van der Waals surface area (Å²) in [5, 5.41) is 12.5. The van der Waals surface area contributed by atoms with Crippen molar-refractivity contribution in [1.82, 2.24) is 5.43 Å². The highest BCUT2D eigenvalue weighted by molar-refractivity contribution is 7.91. The van der Waals surface area contributed by atoms with Crippen molar-refractivity contribution in [3.05, 3.63) is 29.8 Å². The van der Waals surface area contributed by atoms with Crippen molar-refractivity contribution in [2.24, 2.45) is 11.0 Å². The molecular formula is C17H22N4O3S. The Kier molecular flexibility index (Phi) is 6.53. The number of anilines is 1. The summed E-state index contributed by atoms with van der Waals surface area (Å²) in [7, 11) is -1.04. The van der Waals surface area contributed by atoms with E-state index in [4.69, 9.17) is 5.26 Å². The summed E-state index contributed by atoms with van der Waals surface area (Å²) in [4.78, 5) is 13.8. The summed E-state index contributed by atoms with van der Waals surface area (Å²) in [6.45, 7) is 0.664. The van der Waals surface area contributed by atoms with Crippen LogP contribution in [0.1, 0.15) is 24.8 Å². The Labute approximate surface area is 148 Å². The van der Waals surface area contributed by atoms with Gasteiger partial charge in [0.15, 0.2) is 9.84 Å². The van der Waals surface area contributed by atoms with Gasteiger partial charge in [-0.2, -0.15) is 10.4 Å². The molecule has 0 unspecified atom stereocenters. The summed E-state index contributed by atoms with van der Waals surface area (Å²) in [6, 6.07) is 9.70. The number of hydrogen-bond donors (Lipinski definition) is 1. The number of amides is 1. The number of nitriles is 1. The van der Waals surface area contributed by atoms with Crippen LogP contribution < -0.4 is 10.3 Å². The molecule has 0 bridgehead atoms. The van der Waals surface area contributed by atoms with E-state index >= 15 is 0 Å². The van der Waals surface area contributed by atoms with E-state index in [2.05, 4.69) is 16.6 Å². The zero-order chi connectivity index (χ0) is 18.3. The molecule has 0 spiro atoms. The van der Waals surface area contributed by atoms with Crippen LogP contribution in [0.3, 0.4) is 0 Å². The minimum absolute atomic E-state index is 0.0882. The van der Waals surface area contributed by atoms with Crippen molar-refractivity contribution in [2.75, 3.05) is 30.0 Å². The Morgan fingerprint density at radius 2 is 2.16 bits per heavy atom. The Morgan fingerprint density at radius 1 is 1.44 bits per heavy atom. The van der Waals surface area contributed by atoms with Crippen LogP contribution >= 0.6 is 0 Å². The van der Waals surface area contributed by atoms with Gasteiger partial charge in [0.2, 0.25) is 5.91 Å². The number of benzene rings is 1. The molecule has 1 aromatic rings. The summed E-state index contributed by atoms with van der Waals surface area (Å²) in [5.41, 5.74) is 4.27. The number of rotatable bonds is 7. The predicted molar refractivity (Wildman–Crippen MR) is 97.1 cm³/mol. The third-order valence-corrected chi connectivity index (χ3v) is 5.93. The van der Waals surface area contributed by atoms with Crippen molar-refractivity contribution < 1.29 is 13.2 Å². The van der Waals surface area contributed by atoms with Gasteiger partial charge in [-0.05, 0) is 30.0 Å². The van der Waals surface area contributed by atoms with Crippen molar-refractivity contribution in [3.8, 4) is 6.07 Å². The number of hydrogen-bond acceptors (Lipinski definition) is 6. The number of nitrogens with zero attached hydrogens (tertiary/aromatic N) is 3. The van der Waals surface area contributed by atoms with Gasteiger partial charge in [-0.25, -0.2) is 13.8 Å². The van der Waals surface area contributed by atoms with Crippen LogP contribution in [0.5, 0.6) is 0 Å². The zero-order valence-electron chi connectivity index (χ0n) is 14.2. The highest BCUT2D eigenvalue weighted by atomic mass is 32.2. The molecule has 7 nitrogen and oxygen atoms in total. The third kappa shape index (κ3) is 6.19. The van der Waals surface area contributed by atoms with Crippen molar-refractivity contribution in [2.45, 2.75) is 19.3 Å². The molecule has 0 aliphatic carbocycles. The van der Waals surface area contributed by atoms with Crippen LogP contribution in [0, 0.1) is 17.2 Å². The molecule has 1 fully saturated rings. The Balaban J connectivity index is 1.79. The molecule has 1 aromatic carbocycles. The van der Waals surface area contributed by atoms with Crippen LogP contribution in [-0.4, -0.2) is 45.6 Å². The lowest BCUT2D eigenvalue weighted by Gasteiger charge is -2.17. The quantitative estimate of drug-likeness (QED) is 0.582. The van der Waals surface area contributed by atoms with E-state index in [0.717, 1.165) is 11.3 Å². The number of nitrogens with one attached hydrogen (secondary N) is 1. The van der Waals surface area contributed by atoms with Gasteiger partial charge in [-0.1, -0.05) is 12.1 Å². The largest absolute Gasteiger partial charge is 0.374 e. The maximum atomic E-state index is 11.8. The highest BCUT2D eigenvalue weighted by Crippen LogP contribution is 2.21. The maximum absolute atomic E-state index is 11.8. The van der Waals surface area contributed by atoms with E-state index in [1.54, 1.807) is 6.21 Å². The molecule has 25 heavy (non-hydrogen) atoms. The van der Waals surface area contributed by atoms with Crippen LogP contribution in [-0.2, 0) is 14.6 Å². The van der Waals surface area contributed by atoms with Gasteiger partial charge in [0.05, 0.1) is 30.2 Å². The molecule has 1 atom stereocenters. The molecule has 0 radical (unpaired) electrons. The minimum Gasteiger partial charge on any atom is -0.374 e. The average Bonchev–Trinajstić information content (AvgIpc) is 2.91. The van der Waals surface area contributed by atoms with E-state index < -0.39 is 9.84 Å². The molecule has 1 heterocycles. The SMILES string of the molecule is CN(CCC#N)c1ccc(/C=N\NC(=O)C[C@@H]2CCS(=O)(=O)C2)cc1. The lowest BCUT2D eigenvalue weighted by Crippen LogP contribution is -2.21. The topological polar surface area (TPSA) is 103 Å². The van der Waals surface area contributed by atoms with Gasteiger partial charge in [-0.15, -0.1) is 0 Å². The van der Waals surface area contributed by atoms with Gasteiger partial charge in [0.1, 0.15) is 0 Å². The van der Waals surface area contributed by atoms with E-state index in [9.17, 15) is 13.2 Å². The molecule has 8 heteroatoms. The molecule has 1 amide bonds. The standard InChI is InChI=1S/C17H22N4O3S/c1-21(9-2-8-18)16-5-3-14(4-6-16)12-19-20-17(22)11-15-7-10-25(23,24)13-15/h3-6,12,15H,2,7,9-11,13H2,1H3,(H,20,22)/b19-12-/t15-/m0/s1. The van der Waals surface area contributed by atoms with Gasteiger partial charge in [0.25, 0.3) is 0 Å². The first kappa shape index (κ1) is 18.9. The monoisotopic (exact) mass is 362 g/mol. The molecule has 0 aromatic heterocycles. The average molecular weight is 362 g/mol. The van der Waals surface area contributed by atoms with Crippen molar-refractivity contribution >= 4 is 27.6 Å². The number of carbonyl (C=O) groups excluding carboxylic acids is 1. The van der Waals surface area contributed by atoms with Crippen LogP contribution in [0.2, 0.25) is 0 Å². The van der Waals surface area contributed by atoms with Gasteiger partial charge < -0.3 is 4.90 Å². The molecule has 134 valence electrons. The maximum Gasteiger partial charge on any atom is 0.240 e. The first-order valence-corrected chi connectivity index (χ1v) is 9.92. The van der Waals surface area contributed by atoms with E-state index in [0.29, 0.717) is 19.4 Å². The first-order valence-electron chi connectivity index (χ1n) is 8.10. The van der Waals surface area contributed by atoms with Crippen molar-refractivity contribution in [3.63, 3.8) is 0 Å². The van der Waals surface area contributed by atoms with Crippen LogP contribution in [0.25, 0.3) is 0 Å². The molecule has 0 saturated carbocycles. The Bertz CT molecular complexity index is 766. The van der Waals surface area contributed by atoms with Crippen LogP contribution in [0.4, 0.5) is 5.69 Å². The lowest BCUT2D eigenvalue weighted by atomic mass is 10.1. The third-order valence-electron chi connectivity index (χ3n) is 4.10. The van der Waals surface area contributed by atoms with Gasteiger partial charge in [-0.3, -0.25) is 4.79 Å². The zero-order valence-corrected chi connectivity index (χ0v) is 15.0. The fourth-order valence-electron chi connectivity index (χ4n) is 2.68. The van der Waals surface area contributed by atoms with Gasteiger partial charge in [0, 0.05) is 25.7 Å². The molecule has 1 N–H and O–H groups in total. The van der Waals surface area contributed by atoms with Crippen LogP contribution in [0.15, 0.2) is 29.4 Å². The summed E-state index contributed by atoms with van der Waals surface area (Å²) in [5.74, 6) is -0.122. The second-order valence-corrected chi connectivity index (χ2v) is 8.42. The van der Waals surface area contributed by atoms with Crippen molar-refractivity contribution in [1.29, 1.82) is 5.26 Å². The van der Waals surface area contributed by atoms with Gasteiger partial charge >= 0.3 is 0 Å². The Morgan fingerprint density at radius 3 is 2.76 bits per heavy atom. The second kappa shape index (κ2) is 8.62. The smallest absolute Gasteiger partial charge is 0.240 e. The summed E-state index contributed by atoms with van der Waals surface area (Å²) in [6.07, 6.45) is 2.73. The molecule has 1 saturated heterocycles. The predicted octanol–water partition coefficient (Wildman–Crippen LogP) is 1.31. The summed E-state index contributed by atoms with van der Waals surface area (Å²) < 4.78 is 22.7.